The minimum Gasteiger partial charge on any atom is -0.348 e. The fraction of sp³-hybridized carbons (Fsp3) is 0.350. The summed E-state index contributed by atoms with van der Waals surface area (Å²) < 4.78 is 1.77. The summed E-state index contributed by atoms with van der Waals surface area (Å²) >= 11 is 0. The van der Waals surface area contributed by atoms with Crippen molar-refractivity contribution >= 4 is 16.9 Å². The van der Waals surface area contributed by atoms with Gasteiger partial charge in [-0.05, 0) is 38.3 Å². The average Bonchev–Trinajstić information content (AvgIpc) is 3.40. The van der Waals surface area contributed by atoms with E-state index in [2.05, 4.69) is 29.5 Å². The van der Waals surface area contributed by atoms with Gasteiger partial charge in [0.2, 0.25) is 0 Å². The van der Waals surface area contributed by atoms with Crippen LogP contribution in [-0.2, 0) is 13.6 Å². The molecule has 2 aromatic heterocycles. The molecule has 0 aliphatic heterocycles. The van der Waals surface area contributed by atoms with Crippen molar-refractivity contribution in [3.05, 3.63) is 58.4 Å². The molecule has 1 N–H and O–H groups in total. The van der Waals surface area contributed by atoms with Gasteiger partial charge >= 0.3 is 0 Å². The molecule has 0 bridgehead atoms. The molecule has 1 aliphatic rings. The van der Waals surface area contributed by atoms with Gasteiger partial charge in [-0.1, -0.05) is 29.8 Å². The number of aryl methyl sites for hydroxylation is 3. The highest BCUT2D eigenvalue weighted by Crippen LogP contribution is 2.40. The Morgan fingerprint density at radius 1 is 1.24 bits per heavy atom. The molecule has 5 heteroatoms. The van der Waals surface area contributed by atoms with Crippen LogP contribution in [0.25, 0.3) is 11.0 Å². The number of hydrogen-bond acceptors (Lipinski definition) is 3. The first-order valence-corrected chi connectivity index (χ1v) is 8.71. The molecule has 1 saturated carbocycles. The van der Waals surface area contributed by atoms with Crippen LogP contribution in [0.15, 0.2) is 30.3 Å². The van der Waals surface area contributed by atoms with Crippen LogP contribution < -0.4 is 5.32 Å². The molecule has 0 saturated heterocycles. The summed E-state index contributed by atoms with van der Waals surface area (Å²) in [5.74, 6) is 0.425. The number of carbonyl (C=O) groups excluding carboxylic acids is 1. The maximum Gasteiger partial charge on any atom is 0.252 e. The molecule has 25 heavy (non-hydrogen) atoms. The van der Waals surface area contributed by atoms with Crippen LogP contribution >= 0.6 is 0 Å². The van der Waals surface area contributed by atoms with Crippen molar-refractivity contribution in [1.29, 1.82) is 0 Å². The zero-order valence-electron chi connectivity index (χ0n) is 14.8. The van der Waals surface area contributed by atoms with Crippen LogP contribution in [0.2, 0.25) is 0 Å². The smallest absolute Gasteiger partial charge is 0.252 e. The molecule has 5 nitrogen and oxygen atoms in total. The van der Waals surface area contributed by atoms with Crippen molar-refractivity contribution in [2.24, 2.45) is 7.05 Å². The second kappa shape index (κ2) is 5.99. The van der Waals surface area contributed by atoms with Crippen molar-refractivity contribution in [2.45, 2.75) is 39.2 Å². The van der Waals surface area contributed by atoms with Crippen LogP contribution in [0, 0.1) is 13.8 Å². The van der Waals surface area contributed by atoms with Crippen LogP contribution in [0.4, 0.5) is 0 Å². The van der Waals surface area contributed by atoms with Gasteiger partial charge < -0.3 is 5.32 Å². The number of nitrogens with one attached hydrogen (secondary N) is 1. The van der Waals surface area contributed by atoms with E-state index in [0.717, 1.165) is 40.8 Å². The minimum absolute atomic E-state index is 0.0639. The van der Waals surface area contributed by atoms with Gasteiger partial charge in [-0.25, -0.2) is 4.98 Å². The summed E-state index contributed by atoms with van der Waals surface area (Å²) in [6.45, 7) is 4.50. The SMILES string of the molecule is Cc1ccc(CNC(=O)c2cc(C3CC3)nc3c2c(C)nn3C)cc1. The van der Waals surface area contributed by atoms with E-state index < -0.39 is 0 Å². The Labute approximate surface area is 147 Å². The largest absolute Gasteiger partial charge is 0.348 e. The summed E-state index contributed by atoms with van der Waals surface area (Å²) in [7, 11) is 1.88. The summed E-state index contributed by atoms with van der Waals surface area (Å²) in [5, 5.41) is 8.36. The van der Waals surface area contributed by atoms with Gasteiger partial charge in [0.25, 0.3) is 5.91 Å². The Morgan fingerprint density at radius 2 is 1.96 bits per heavy atom. The lowest BCUT2D eigenvalue weighted by Crippen LogP contribution is -2.23. The average molecular weight is 334 g/mol. The number of rotatable bonds is 4. The molecule has 0 atom stereocenters. The third-order valence-corrected chi connectivity index (χ3v) is 4.80. The third kappa shape index (κ3) is 3.02. The van der Waals surface area contributed by atoms with Crippen LogP contribution in [-0.4, -0.2) is 20.7 Å². The van der Waals surface area contributed by atoms with Crippen molar-refractivity contribution in [2.75, 3.05) is 0 Å². The zero-order chi connectivity index (χ0) is 17.6. The Kier molecular flexibility index (Phi) is 3.79. The van der Waals surface area contributed by atoms with Crippen molar-refractivity contribution in [3.8, 4) is 0 Å². The van der Waals surface area contributed by atoms with Crippen molar-refractivity contribution in [1.82, 2.24) is 20.1 Å². The predicted octanol–water partition coefficient (Wildman–Crippen LogP) is 3.39. The first-order valence-electron chi connectivity index (χ1n) is 8.71. The molecular formula is C20H22N4O. The van der Waals surface area contributed by atoms with Gasteiger partial charge in [-0.2, -0.15) is 5.10 Å². The van der Waals surface area contributed by atoms with Gasteiger partial charge in [0.1, 0.15) is 0 Å². The summed E-state index contributed by atoms with van der Waals surface area (Å²) in [6, 6.07) is 10.2. The molecule has 4 rings (SSSR count). The number of aromatic nitrogens is 3. The molecule has 0 spiro atoms. The van der Waals surface area contributed by atoms with Crippen molar-refractivity contribution < 1.29 is 4.79 Å². The second-order valence-corrected chi connectivity index (χ2v) is 6.94. The topological polar surface area (TPSA) is 59.8 Å². The van der Waals surface area contributed by atoms with Gasteiger partial charge in [0.15, 0.2) is 5.65 Å². The molecule has 1 aliphatic carbocycles. The molecular weight excluding hydrogens is 312 g/mol. The summed E-state index contributed by atoms with van der Waals surface area (Å²) in [4.78, 5) is 17.6. The highest BCUT2D eigenvalue weighted by Gasteiger charge is 2.28. The molecule has 1 aromatic carbocycles. The molecule has 0 unspecified atom stereocenters. The molecule has 0 radical (unpaired) electrons. The Morgan fingerprint density at radius 3 is 2.64 bits per heavy atom. The van der Waals surface area contributed by atoms with E-state index in [1.807, 2.05) is 32.2 Å². The van der Waals surface area contributed by atoms with Gasteiger partial charge in [0.05, 0.1) is 16.6 Å². The lowest BCUT2D eigenvalue weighted by molar-refractivity contribution is 0.0952. The van der Waals surface area contributed by atoms with Gasteiger partial charge in [-0.3, -0.25) is 9.48 Å². The first kappa shape index (κ1) is 15.8. The number of amides is 1. The third-order valence-electron chi connectivity index (χ3n) is 4.80. The van der Waals surface area contributed by atoms with E-state index in [9.17, 15) is 4.79 Å². The van der Waals surface area contributed by atoms with E-state index in [-0.39, 0.29) is 5.91 Å². The zero-order valence-corrected chi connectivity index (χ0v) is 14.8. The van der Waals surface area contributed by atoms with Gasteiger partial charge in [0, 0.05) is 25.2 Å². The van der Waals surface area contributed by atoms with Crippen LogP contribution in [0.3, 0.4) is 0 Å². The quantitative estimate of drug-likeness (QED) is 0.795. The molecule has 1 amide bonds. The van der Waals surface area contributed by atoms with E-state index in [4.69, 9.17) is 4.98 Å². The number of pyridine rings is 1. The van der Waals surface area contributed by atoms with E-state index in [1.165, 1.54) is 5.56 Å². The number of hydrogen-bond donors (Lipinski definition) is 1. The van der Waals surface area contributed by atoms with Crippen LogP contribution in [0.5, 0.6) is 0 Å². The summed E-state index contributed by atoms with van der Waals surface area (Å²) in [6.07, 6.45) is 2.31. The maximum atomic E-state index is 12.9. The fourth-order valence-electron chi connectivity index (χ4n) is 3.21. The molecule has 3 aromatic rings. The second-order valence-electron chi connectivity index (χ2n) is 6.94. The molecule has 2 heterocycles. The van der Waals surface area contributed by atoms with E-state index >= 15 is 0 Å². The Balaban J connectivity index is 1.66. The molecule has 1 fully saturated rings. The highest BCUT2D eigenvalue weighted by molar-refractivity contribution is 6.06. The highest BCUT2D eigenvalue weighted by atomic mass is 16.1. The van der Waals surface area contributed by atoms with E-state index in [1.54, 1.807) is 4.68 Å². The number of fused-ring (bicyclic) bond motifs is 1. The predicted molar refractivity (Wildman–Crippen MR) is 97.6 cm³/mol. The Bertz CT molecular complexity index is 952. The standard InChI is InChI=1S/C20H22N4O/c1-12-4-6-14(7-5-12)11-21-20(25)16-10-17(15-8-9-15)22-19-18(16)13(2)23-24(19)3/h4-7,10,15H,8-9,11H2,1-3H3,(H,21,25). The lowest BCUT2D eigenvalue weighted by atomic mass is 10.1. The lowest BCUT2D eigenvalue weighted by Gasteiger charge is -2.09. The number of nitrogens with zero attached hydrogens (tertiary/aromatic N) is 3. The Hall–Kier alpha value is -2.69. The summed E-state index contributed by atoms with van der Waals surface area (Å²) in [5.41, 5.74) is 5.64. The maximum absolute atomic E-state index is 12.9. The minimum atomic E-state index is -0.0639. The normalized spacial score (nSPS) is 14.0. The number of carbonyl (C=O) groups is 1. The van der Waals surface area contributed by atoms with E-state index in [0.29, 0.717) is 18.0 Å². The first-order chi connectivity index (χ1) is 12.0. The van der Waals surface area contributed by atoms with Gasteiger partial charge in [-0.15, -0.1) is 0 Å². The fourth-order valence-corrected chi connectivity index (χ4v) is 3.21. The number of benzene rings is 1. The molecule has 128 valence electrons. The monoisotopic (exact) mass is 334 g/mol. The van der Waals surface area contributed by atoms with Crippen molar-refractivity contribution in [3.63, 3.8) is 0 Å². The van der Waals surface area contributed by atoms with Crippen LogP contribution in [0.1, 0.15) is 51.6 Å².